The number of benzene rings is 1. The van der Waals surface area contributed by atoms with Crippen LogP contribution in [-0.2, 0) is 9.59 Å². The minimum absolute atomic E-state index is 0.0470. The van der Waals surface area contributed by atoms with E-state index in [-0.39, 0.29) is 12.0 Å². The van der Waals surface area contributed by atoms with Crippen molar-refractivity contribution in [2.45, 2.75) is 12.6 Å². The molecule has 3 aromatic rings. The van der Waals surface area contributed by atoms with Crippen molar-refractivity contribution < 1.29 is 14.7 Å². The Labute approximate surface area is 164 Å². The molecular formula is C20H16N6O3. The van der Waals surface area contributed by atoms with Crippen LogP contribution in [0.15, 0.2) is 54.6 Å². The molecule has 144 valence electrons. The van der Waals surface area contributed by atoms with E-state index in [0.717, 1.165) is 16.7 Å². The molecule has 2 aromatic heterocycles. The zero-order valence-electron chi connectivity index (χ0n) is 15.1. The van der Waals surface area contributed by atoms with Crippen LogP contribution in [0.1, 0.15) is 17.7 Å². The highest BCUT2D eigenvalue weighted by atomic mass is 16.4. The van der Waals surface area contributed by atoms with E-state index in [2.05, 4.69) is 9.97 Å². The van der Waals surface area contributed by atoms with Crippen molar-refractivity contribution in [2.75, 3.05) is 10.1 Å². The minimum Gasteiger partial charge on any atom is -0.478 e. The molecule has 4 N–H and O–H groups in total. The van der Waals surface area contributed by atoms with Gasteiger partial charge in [0, 0.05) is 30.0 Å². The summed E-state index contributed by atoms with van der Waals surface area (Å²) in [5.41, 5.74) is 10.5. The topological polar surface area (TPSA) is 120 Å². The van der Waals surface area contributed by atoms with Gasteiger partial charge < -0.3 is 15.8 Å². The number of nitrogens with two attached hydrogens (primary N) is 1. The molecule has 3 heterocycles. The number of carboxylic acids is 1. The molecule has 0 amide bonds. The Balaban J connectivity index is 1.62. The number of aliphatic carboxylic acids is 1. The normalized spacial score (nSPS) is 18.2. The minimum atomic E-state index is -1.06. The van der Waals surface area contributed by atoms with E-state index in [0.29, 0.717) is 16.8 Å². The van der Waals surface area contributed by atoms with Crippen LogP contribution >= 0.6 is 0 Å². The number of aromatic amines is 1. The van der Waals surface area contributed by atoms with Crippen molar-refractivity contribution in [1.29, 1.82) is 0 Å². The van der Waals surface area contributed by atoms with E-state index >= 15 is 0 Å². The number of imidazole rings is 1. The molecule has 0 fully saturated rings. The van der Waals surface area contributed by atoms with Gasteiger partial charge in [0.15, 0.2) is 0 Å². The molecule has 1 atom stereocenters. The van der Waals surface area contributed by atoms with Gasteiger partial charge in [-0.3, -0.25) is 0 Å². The molecule has 1 aromatic carbocycles. The molecule has 0 spiro atoms. The van der Waals surface area contributed by atoms with Gasteiger partial charge >= 0.3 is 5.97 Å². The highest BCUT2D eigenvalue weighted by Crippen LogP contribution is 2.34. The largest absolute Gasteiger partial charge is 0.478 e. The van der Waals surface area contributed by atoms with Gasteiger partial charge in [-0.1, -0.05) is 0 Å². The Hall–Kier alpha value is -4.07. The van der Waals surface area contributed by atoms with Gasteiger partial charge in [-0.25, -0.2) is 24.3 Å². The summed E-state index contributed by atoms with van der Waals surface area (Å²) in [5, 5.41) is 13.1. The number of anilines is 1. The van der Waals surface area contributed by atoms with Crippen LogP contribution in [0.5, 0.6) is 0 Å². The predicted molar refractivity (Wildman–Crippen MR) is 108 cm³/mol. The molecule has 5 rings (SSSR count). The summed E-state index contributed by atoms with van der Waals surface area (Å²) < 4.78 is 1.76. The fourth-order valence-electron chi connectivity index (χ4n) is 3.73. The fraction of sp³-hybridized carbons (Fsp3) is 0.100. The number of carbonyl (C=O) groups excluding carboxylic acids is 1. The lowest BCUT2D eigenvalue weighted by Crippen LogP contribution is -2.50. The van der Waals surface area contributed by atoms with Crippen LogP contribution in [0.4, 0.5) is 5.69 Å². The van der Waals surface area contributed by atoms with Crippen molar-refractivity contribution in [2.24, 2.45) is 5.73 Å². The number of hydrazine groups is 1. The summed E-state index contributed by atoms with van der Waals surface area (Å²) in [4.78, 5) is 30.2. The number of carbonyl (C=O) groups is 1. The summed E-state index contributed by atoms with van der Waals surface area (Å²) in [5.74, 6) is 0.817. The third kappa shape index (κ3) is 2.57. The Morgan fingerprint density at radius 3 is 3.00 bits per heavy atom. The number of hydrogen-bond acceptors (Lipinski definition) is 6. The van der Waals surface area contributed by atoms with E-state index in [1.165, 1.54) is 0 Å². The number of carboxylic acid groups (broad SMARTS) is 1. The van der Waals surface area contributed by atoms with Gasteiger partial charge in [0.25, 0.3) is 0 Å². The standard InChI is InChI=1S/C20H16N6O3/c21-19-4-6-25(26(19)14-1-2-16-17(9-14)23-11-22-16)24-5-3-15-13(10-27)7-12(20(28)29)8-18(15)24/h1-6,8-9,11,19H,7,21H2,(H,22,23)(H,28,29). The molecular weight excluding hydrogens is 372 g/mol. The molecule has 1 aliphatic carbocycles. The molecule has 29 heavy (non-hydrogen) atoms. The van der Waals surface area contributed by atoms with Gasteiger partial charge in [0.05, 0.1) is 34.3 Å². The first-order valence-electron chi connectivity index (χ1n) is 8.92. The van der Waals surface area contributed by atoms with E-state index in [9.17, 15) is 14.7 Å². The number of fused-ring (bicyclic) bond motifs is 2. The zero-order valence-corrected chi connectivity index (χ0v) is 15.1. The van der Waals surface area contributed by atoms with Crippen molar-refractivity contribution in [3.63, 3.8) is 0 Å². The molecule has 1 unspecified atom stereocenters. The number of allylic oxidation sites excluding steroid dienone is 1. The van der Waals surface area contributed by atoms with Crippen LogP contribution in [0.3, 0.4) is 0 Å². The average Bonchev–Trinajstić information content (AvgIpc) is 3.43. The maximum absolute atomic E-state index is 11.5. The molecule has 1 aliphatic heterocycles. The van der Waals surface area contributed by atoms with Crippen LogP contribution in [0.2, 0.25) is 0 Å². The number of rotatable bonds is 3. The van der Waals surface area contributed by atoms with Gasteiger partial charge in [-0.2, -0.15) is 5.12 Å². The van der Waals surface area contributed by atoms with E-state index in [4.69, 9.17) is 5.73 Å². The molecule has 0 bridgehead atoms. The Bertz CT molecular complexity index is 1260. The SMILES string of the molecule is NC1C=CN(n2ccc3c2C=C(C(=O)O)CC3=C=O)N1c1ccc2nc[nH]c2c1. The zero-order chi connectivity index (χ0) is 20.1. The summed E-state index contributed by atoms with van der Waals surface area (Å²) in [6.07, 6.45) is 8.22. The summed E-state index contributed by atoms with van der Waals surface area (Å²) in [6.45, 7) is 0. The molecule has 9 heteroatoms. The maximum Gasteiger partial charge on any atom is 0.332 e. The first kappa shape index (κ1) is 17.1. The van der Waals surface area contributed by atoms with Gasteiger partial charge in [0.1, 0.15) is 12.1 Å². The Morgan fingerprint density at radius 2 is 2.21 bits per heavy atom. The number of hydrogen-bond donors (Lipinski definition) is 3. The van der Waals surface area contributed by atoms with Crippen molar-refractivity contribution in [1.82, 2.24) is 14.6 Å². The van der Waals surface area contributed by atoms with Crippen LogP contribution in [0.25, 0.3) is 22.7 Å². The van der Waals surface area contributed by atoms with Crippen LogP contribution in [0, 0.1) is 0 Å². The van der Waals surface area contributed by atoms with Crippen molar-refractivity contribution in [3.05, 3.63) is 65.9 Å². The lowest BCUT2D eigenvalue weighted by atomic mass is 9.93. The van der Waals surface area contributed by atoms with Crippen LogP contribution in [-0.4, -0.2) is 37.8 Å². The first-order chi connectivity index (χ1) is 14.1. The van der Waals surface area contributed by atoms with Gasteiger partial charge in [0.2, 0.25) is 0 Å². The fourth-order valence-corrected chi connectivity index (χ4v) is 3.73. The Morgan fingerprint density at radius 1 is 1.34 bits per heavy atom. The van der Waals surface area contributed by atoms with E-state index < -0.39 is 12.1 Å². The molecule has 9 nitrogen and oxygen atoms in total. The second kappa shape index (κ2) is 6.23. The maximum atomic E-state index is 11.5. The Kier molecular flexibility index (Phi) is 3.67. The highest BCUT2D eigenvalue weighted by molar-refractivity contribution is 6.03. The smallest absolute Gasteiger partial charge is 0.332 e. The second-order valence-electron chi connectivity index (χ2n) is 6.79. The number of nitrogens with zero attached hydrogens (tertiary/aromatic N) is 4. The third-order valence-electron chi connectivity index (χ3n) is 5.12. The van der Waals surface area contributed by atoms with Crippen LogP contribution < -0.4 is 15.9 Å². The first-order valence-corrected chi connectivity index (χ1v) is 8.92. The lowest BCUT2D eigenvalue weighted by Gasteiger charge is -2.35. The predicted octanol–water partition coefficient (Wildman–Crippen LogP) is 1.62. The van der Waals surface area contributed by atoms with Gasteiger partial charge in [-0.05, 0) is 36.4 Å². The molecule has 0 radical (unpaired) electrons. The van der Waals surface area contributed by atoms with Gasteiger partial charge in [-0.15, -0.1) is 0 Å². The number of aromatic nitrogens is 3. The average molecular weight is 388 g/mol. The monoisotopic (exact) mass is 388 g/mol. The second-order valence-corrected chi connectivity index (χ2v) is 6.79. The van der Waals surface area contributed by atoms with E-state index in [1.807, 2.05) is 35.2 Å². The third-order valence-corrected chi connectivity index (χ3v) is 5.12. The summed E-state index contributed by atoms with van der Waals surface area (Å²) >= 11 is 0. The molecule has 0 saturated heterocycles. The molecule has 0 saturated carbocycles. The van der Waals surface area contributed by atoms with Crippen molar-refractivity contribution in [3.8, 4) is 0 Å². The number of H-pyrrole nitrogens is 1. The molecule has 2 aliphatic rings. The highest BCUT2D eigenvalue weighted by Gasteiger charge is 2.30. The van der Waals surface area contributed by atoms with Crippen molar-refractivity contribution >= 4 is 40.3 Å². The summed E-state index contributed by atoms with van der Waals surface area (Å²) in [7, 11) is 0. The van der Waals surface area contributed by atoms with E-state index in [1.54, 1.807) is 40.7 Å². The lowest BCUT2D eigenvalue weighted by molar-refractivity contribution is -0.132. The quantitative estimate of drug-likeness (QED) is 0.583. The number of nitrogens with one attached hydrogen (secondary N) is 1. The summed E-state index contributed by atoms with van der Waals surface area (Å²) in [6, 6.07) is 7.52.